The Morgan fingerprint density at radius 1 is 1.35 bits per heavy atom. The molecule has 1 aromatic carbocycles. The maximum absolute atomic E-state index is 12.7. The van der Waals surface area contributed by atoms with Crippen LogP contribution < -0.4 is 0 Å². The molecule has 1 fully saturated rings. The van der Waals surface area contributed by atoms with Crippen molar-refractivity contribution in [2.24, 2.45) is 0 Å². The molecule has 1 heterocycles. The first-order valence-electron chi connectivity index (χ1n) is 6.53. The van der Waals surface area contributed by atoms with E-state index in [4.69, 9.17) is 9.84 Å². The van der Waals surface area contributed by atoms with Crippen LogP contribution in [0.3, 0.4) is 0 Å². The molecule has 1 saturated heterocycles. The zero-order valence-electron chi connectivity index (χ0n) is 11.2. The van der Waals surface area contributed by atoms with Crippen LogP contribution in [0.2, 0.25) is 0 Å². The number of halogens is 3. The summed E-state index contributed by atoms with van der Waals surface area (Å²) in [7, 11) is 0. The molecule has 0 amide bonds. The van der Waals surface area contributed by atoms with Crippen molar-refractivity contribution in [3.63, 3.8) is 0 Å². The SMILES string of the molecule is CC1CN(Cc2cccc(C(F)(F)F)c2)CC(CO)O1. The van der Waals surface area contributed by atoms with Crippen molar-refractivity contribution in [3.05, 3.63) is 35.4 Å². The van der Waals surface area contributed by atoms with Gasteiger partial charge in [-0.3, -0.25) is 4.90 Å². The lowest BCUT2D eigenvalue weighted by molar-refractivity contribution is -0.137. The summed E-state index contributed by atoms with van der Waals surface area (Å²) in [4.78, 5) is 2.00. The smallest absolute Gasteiger partial charge is 0.394 e. The van der Waals surface area contributed by atoms with Crippen molar-refractivity contribution >= 4 is 0 Å². The number of benzene rings is 1. The standard InChI is InChI=1S/C14H18F3NO2/c1-10-6-18(8-13(9-19)20-10)7-11-3-2-4-12(5-11)14(15,16)17/h2-5,10,13,19H,6-9H2,1H3. The van der Waals surface area contributed by atoms with E-state index in [-0.39, 0.29) is 18.8 Å². The summed E-state index contributed by atoms with van der Waals surface area (Å²) < 4.78 is 43.5. The summed E-state index contributed by atoms with van der Waals surface area (Å²) in [6.45, 7) is 3.41. The van der Waals surface area contributed by atoms with Gasteiger partial charge in [-0.05, 0) is 18.6 Å². The number of rotatable bonds is 3. The molecule has 0 aromatic heterocycles. The summed E-state index contributed by atoms with van der Waals surface area (Å²) in [5, 5.41) is 9.14. The van der Waals surface area contributed by atoms with Gasteiger partial charge in [0, 0.05) is 19.6 Å². The van der Waals surface area contributed by atoms with Crippen LogP contribution in [0.5, 0.6) is 0 Å². The lowest BCUT2D eigenvalue weighted by Gasteiger charge is -2.36. The third-order valence-electron chi connectivity index (χ3n) is 3.27. The number of aliphatic hydroxyl groups excluding tert-OH is 1. The molecule has 1 aliphatic rings. The van der Waals surface area contributed by atoms with Gasteiger partial charge in [-0.2, -0.15) is 13.2 Å². The van der Waals surface area contributed by atoms with Crippen molar-refractivity contribution in [1.82, 2.24) is 4.90 Å². The normalized spacial score (nSPS) is 24.9. The molecule has 3 nitrogen and oxygen atoms in total. The number of morpholine rings is 1. The average Bonchev–Trinajstić information content (AvgIpc) is 2.37. The van der Waals surface area contributed by atoms with E-state index in [9.17, 15) is 13.2 Å². The largest absolute Gasteiger partial charge is 0.416 e. The predicted octanol–water partition coefficient (Wildman–Crippen LogP) is 2.29. The Balaban J connectivity index is 2.06. The molecule has 0 radical (unpaired) electrons. The van der Waals surface area contributed by atoms with Crippen molar-refractivity contribution in [2.75, 3.05) is 19.7 Å². The van der Waals surface area contributed by atoms with Gasteiger partial charge in [0.05, 0.1) is 24.4 Å². The molecule has 1 aliphatic heterocycles. The van der Waals surface area contributed by atoms with E-state index in [1.54, 1.807) is 6.07 Å². The van der Waals surface area contributed by atoms with Gasteiger partial charge >= 0.3 is 6.18 Å². The Morgan fingerprint density at radius 3 is 2.75 bits per heavy atom. The van der Waals surface area contributed by atoms with Gasteiger partial charge in [-0.25, -0.2) is 0 Å². The molecule has 2 unspecified atom stereocenters. The monoisotopic (exact) mass is 289 g/mol. The van der Waals surface area contributed by atoms with E-state index in [0.29, 0.717) is 25.2 Å². The summed E-state index contributed by atoms with van der Waals surface area (Å²) in [5.74, 6) is 0. The minimum absolute atomic E-state index is 0.0355. The first-order chi connectivity index (χ1) is 9.38. The number of alkyl halides is 3. The summed E-state index contributed by atoms with van der Waals surface area (Å²) in [6.07, 6.45) is -4.63. The van der Waals surface area contributed by atoms with E-state index in [0.717, 1.165) is 6.07 Å². The molecule has 112 valence electrons. The molecule has 2 rings (SSSR count). The molecule has 0 bridgehead atoms. The highest BCUT2D eigenvalue weighted by atomic mass is 19.4. The second kappa shape index (κ2) is 6.11. The molecule has 0 spiro atoms. The second-order valence-electron chi connectivity index (χ2n) is 5.14. The highest BCUT2D eigenvalue weighted by Crippen LogP contribution is 2.29. The van der Waals surface area contributed by atoms with Gasteiger partial charge < -0.3 is 9.84 Å². The average molecular weight is 289 g/mol. The number of aliphatic hydroxyl groups is 1. The minimum atomic E-state index is -4.32. The van der Waals surface area contributed by atoms with E-state index >= 15 is 0 Å². The maximum atomic E-state index is 12.7. The van der Waals surface area contributed by atoms with Crippen LogP contribution in [-0.2, 0) is 17.5 Å². The van der Waals surface area contributed by atoms with Gasteiger partial charge in [0.15, 0.2) is 0 Å². The number of ether oxygens (including phenoxy) is 1. The summed E-state index contributed by atoms with van der Waals surface area (Å²) >= 11 is 0. The zero-order valence-corrected chi connectivity index (χ0v) is 11.2. The molecule has 2 atom stereocenters. The minimum Gasteiger partial charge on any atom is -0.394 e. The number of nitrogens with zero attached hydrogens (tertiary/aromatic N) is 1. The van der Waals surface area contributed by atoms with Crippen LogP contribution in [0.1, 0.15) is 18.1 Å². The van der Waals surface area contributed by atoms with Crippen molar-refractivity contribution < 1.29 is 23.0 Å². The third kappa shape index (κ3) is 3.94. The first kappa shape index (κ1) is 15.3. The second-order valence-corrected chi connectivity index (χ2v) is 5.14. The molecule has 6 heteroatoms. The molecular formula is C14H18F3NO2. The van der Waals surface area contributed by atoms with E-state index in [1.165, 1.54) is 12.1 Å². The van der Waals surface area contributed by atoms with Crippen LogP contribution in [0, 0.1) is 0 Å². The number of hydrogen-bond donors (Lipinski definition) is 1. The van der Waals surface area contributed by atoms with Crippen molar-refractivity contribution in [2.45, 2.75) is 31.9 Å². The Labute approximate surface area is 116 Å². The van der Waals surface area contributed by atoms with E-state index < -0.39 is 11.7 Å². The molecule has 1 aromatic rings. The Kier molecular flexibility index (Phi) is 4.67. The van der Waals surface area contributed by atoms with Crippen LogP contribution in [-0.4, -0.2) is 41.9 Å². The fourth-order valence-electron chi connectivity index (χ4n) is 2.47. The van der Waals surface area contributed by atoms with Gasteiger partial charge in [0.2, 0.25) is 0 Å². The van der Waals surface area contributed by atoms with Gasteiger partial charge in [-0.1, -0.05) is 18.2 Å². The maximum Gasteiger partial charge on any atom is 0.416 e. The Morgan fingerprint density at radius 2 is 2.10 bits per heavy atom. The topological polar surface area (TPSA) is 32.7 Å². The fraction of sp³-hybridized carbons (Fsp3) is 0.571. The molecule has 20 heavy (non-hydrogen) atoms. The molecular weight excluding hydrogens is 271 g/mol. The van der Waals surface area contributed by atoms with Gasteiger partial charge in [0.1, 0.15) is 0 Å². The highest BCUT2D eigenvalue weighted by Gasteiger charge is 2.31. The van der Waals surface area contributed by atoms with E-state index in [2.05, 4.69) is 0 Å². The lowest BCUT2D eigenvalue weighted by Crippen LogP contribution is -2.47. The zero-order chi connectivity index (χ0) is 14.8. The molecule has 0 aliphatic carbocycles. The Bertz CT molecular complexity index is 450. The third-order valence-corrected chi connectivity index (χ3v) is 3.27. The van der Waals surface area contributed by atoms with Crippen LogP contribution in [0.25, 0.3) is 0 Å². The fourth-order valence-corrected chi connectivity index (χ4v) is 2.47. The van der Waals surface area contributed by atoms with Crippen LogP contribution in [0.15, 0.2) is 24.3 Å². The molecule has 1 N–H and O–H groups in total. The van der Waals surface area contributed by atoms with Crippen molar-refractivity contribution in [3.8, 4) is 0 Å². The highest BCUT2D eigenvalue weighted by molar-refractivity contribution is 5.25. The van der Waals surface area contributed by atoms with Crippen molar-refractivity contribution in [1.29, 1.82) is 0 Å². The van der Waals surface area contributed by atoms with E-state index in [1.807, 2.05) is 11.8 Å². The Hall–Kier alpha value is -1.11. The predicted molar refractivity (Wildman–Crippen MR) is 68.1 cm³/mol. The summed E-state index contributed by atoms with van der Waals surface area (Å²) in [5.41, 5.74) is -0.0133. The lowest BCUT2D eigenvalue weighted by atomic mass is 10.1. The van der Waals surface area contributed by atoms with Gasteiger partial charge in [-0.15, -0.1) is 0 Å². The van der Waals surface area contributed by atoms with Crippen LogP contribution in [0.4, 0.5) is 13.2 Å². The first-order valence-corrected chi connectivity index (χ1v) is 6.53. The number of hydrogen-bond acceptors (Lipinski definition) is 3. The quantitative estimate of drug-likeness (QED) is 0.926. The van der Waals surface area contributed by atoms with Crippen LogP contribution >= 0.6 is 0 Å². The van der Waals surface area contributed by atoms with Gasteiger partial charge in [0.25, 0.3) is 0 Å². The molecule has 0 saturated carbocycles. The summed E-state index contributed by atoms with van der Waals surface area (Å²) in [6, 6.07) is 5.35.